The lowest BCUT2D eigenvalue weighted by atomic mass is 10.2. The smallest absolute Gasteiger partial charge is 0.290 e. The lowest BCUT2D eigenvalue weighted by Crippen LogP contribution is -2.43. The van der Waals surface area contributed by atoms with Gasteiger partial charge in [-0.1, -0.05) is 26.8 Å². The van der Waals surface area contributed by atoms with E-state index in [4.69, 9.17) is 0 Å². The van der Waals surface area contributed by atoms with Gasteiger partial charge in [0.1, 0.15) is 0 Å². The molecule has 1 aromatic heterocycles. The van der Waals surface area contributed by atoms with E-state index in [2.05, 4.69) is 12.2 Å². The Kier molecular flexibility index (Phi) is 7.32. The molecule has 2 rings (SSSR count). The predicted molar refractivity (Wildman–Crippen MR) is 111 cm³/mol. The summed E-state index contributed by atoms with van der Waals surface area (Å²) in [5.74, 6) is -0.198. The quantitative estimate of drug-likeness (QED) is 0.688. The number of rotatable bonds is 8. The van der Waals surface area contributed by atoms with E-state index in [1.54, 1.807) is 25.1 Å². The number of benzene rings is 1. The molecule has 0 aliphatic rings. The number of aromatic nitrogens is 1. The SMILES string of the molecule is CCc1ccc(C)[n+](CC(=O)Nc2ccc(C)c(S(=O)(=O)N(CC)CC)c2)c1. The van der Waals surface area contributed by atoms with Crippen LogP contribution in [0.3, 0.4) is 0 Å². The second kappa shape index (κ2) is 9.30. The number of carbonyl (C=O) groups excluding carboxylic acids is 1. The number of pyridine rings is 1. The van der Waals surface area contributed by atoms with Crippen LogP contribution in [0.15, 0.2) is 41.4 Å². The molecule has 0 spiro atoms. The van der Waals surface area contributed by atoms with Gasteiger partial charge < -0.3 is 5.32 Å². The lowest BCUT2D eigenvalue weighted by molar-refractivity contribution is -0.690. The average Bonchev–Trinajstić information content (AvgIpc) is 2.65. The number of carbonyl (C=O) groups is 1. The van der Waals surface area contributed by atoms with Gasteiger partial charge in [-0.05, 0) is 37.1 Å². The molecule has 0 fully saturated rings. The van der Waals surface area contributed by atoms with Crippen molar-refractivity contribution in [3.63, 3.8) is 0 Å². The van der Waals surface area contributed by atoms with Gasteiger partial charge in [0.25, 0.3) is 5.91 Å². The van der Waals surface area contributed by atoms with E-state index >= 15 is 0 Å². The van der Waals surface area contributed by atoms with Crippen LogP contribution in [-0.2, 0) is 27.8 Å². The van der Waals surface area contributed by atoms with Gasteiger partial charge in [-0.3, -0.25) is 4.79 Å². The molecule has 0 radical (unpaired) electrons. The minimum Gasteiger partial charge on any atom is -0.321 e. The average molecular weight is 405 g/mol. The van der Waals surface area contributed by atoms with Crippen molar-refractivity contribution in [3.05, 3.63) is 53.3 Å². The highest BCUT2D eigenvalue weighted by atomic mass is 32.2. The first kappa shape index (κ1) is 22.0. The van der Waals surface area contributed by atoms with Crippen LogP contribution in [0.25, 0.3) is 0 Å². The topological polar surface area (TPSA) is 70.4 Å². The monoisotopic (exact) mass is 404 g/mol. The molecule has 2 aromatic rings. The Labute approximate surface area is 168 Å². The zero-order chi connectivity index (χ0) is 20.9. The van der Waals surface area contributed by atoms with Crippen molar-refractivity contribution in [1.29, 1.82) is 0 Å². The summed E-state index contributed by atoms with van der Waals surface area (Å²) in [6, 6.07) is 9.04. The summed E-state index contributed by atoms with van der Waals surface area (Å²) in [6.45, 7) is 10.4. The van der Waals surface area contributed by atoms with Crippen molar-refractivity contribution >= 4 is 21.6 Å². The van der Waals surface area contributed by atoms with Crippen molar-refractivity contribution < 1.29 is 17.8 Å². The number of amides is 1. The first-order valence-electron chi connectivity index (χ1n) is 9.62. The predicted octanol–water partition coefficient (Wildman–Crippen LogP) is 2.82. The van der Waals surface area contributed by atoms with Gasteiger partial charge in [0.2, 0.25) is 16.6 Å². The van der Waals surface area contributed by atoms with Gasteiger partial charge >= 0.3 is 0 Å². The number of aryl methyl sites for hydroxylation is 3. The molecule has 0 bridgehead atoms. The fourth-order valence-corrected chi connectivity index (χ4v) is 4.77. The molecule has 0 atom stereocenters. The molecule has 1 amide bonds. The molecule has 6 nitrogen and oxygen atoms in total. The van der Waals surface area contributed by atoms with Crippen molar-refractivity contribution in [1.82, 2.24) is 4.31 Å². The van der Waals surface area contributed by atoms with E-state index in [0.717, 1.165) is 17.7 Å². The fraction of sp³-hybridized carbons (Fsp3) is 0.429. The van der Waals surface area contributed by atoms with E-state index in [9.17, 15) is 13.2 Å². The summed E-state index contributed by atoms with van der Waals surface area (Å²) in [6.07, 6.45) is 2.87. The Morgan fingerprint density at radius 2 is 1.75 bits per heavy atom. The first-order valence-corrected chi connectivity index (χ1v) is 11.1. The maximum atomic E-state index is 12.9. The highest BCUT2D eigenvalue weighted by Crippen LogP contribution is 2.23. The van der Waals surface area contributed by atoms with Crippen molar-refractivity contribution in [2.24, 2.45) is 0 Å². The van der Waals surface area contributed by atoms with Crippen LogP contribution in [-0.4, -0.2) is 31.7 Å². The van der Waals surface area contributed by atoms with Gasteiger partial charge in [-0.2, -0.15) is 8.87 Å². The summed E-state index contributed by atoms with van der Waals surface area (Å²) in [7, 11) is -3.59. The minimum absolute atomic E-state index is 0.172. The third-order valence-electron chi connectivity index (χ3n) is 4.83. The molecule has 1 heterocycles. The fourth-order valence-electron chi connectivity index (χ4n) is 3.06. The van der Waals surface area contributed by atoms with Crippen LogP contribution in [0, 0.1) is 13.8 Å². The molecule has 0 aliphatic heterocycles. The van der Waals surface area contributed by atoms with Gasteiger partial charge in [0.05, 0.1) is 4.90 Å². The van der Waals surface area contributed by atoms with Crippen LogP contribution in [0.2, 0.25) is 0 Å². The molecular weight excluding hydrogens is 374 g/mol. The summed E-state index contributed by atoms with van der Waals surface area (Å²) >= 11 is 0. The molecule has 7 heteroatoms. The maximum Gasteiger partial charge on any atom is 0.290 e. The number of hydrogen-bond donors (Lipinski definition) is 1. The molecule has 152 valence electrons. The van der Waals surface area contributed by atoms with Gasteiger partial charge in [0, 0.05) is 37.3 Å². The highest BCUT2D eigenvalue weighted by Gasteiger charge is 2.24. The van der Waals surface area contributed by atoms with E-state index in [0.29, 0.717) is 24.3 Å². The summed E-state index contributed by atoms with van der Waals surface area (Å²) in [5, 5.41) is 2.83. The molecule has 0 saturated carbocycles. The van der Waals surface area contributed by atoms with Crippen LogP contribution in [0.4, 0.5) is 5.69 Å². The number of nitrogens with one attached hydrogen (secondary N) is 1. The van der Waals surface area contributed by atoms with Crippen molar-refractivity contribution in [2.45, 2.75) is 52.5 Å². The Hall–Kier alpha value is -2.25. The first-order chi connectivity index (χ1) is 13.2. The standard InChI is InChI=1S/C21H29N3O3S/c1-6-18-11-10-17(5)23(14-18)15-21(25)22-19-12-9-16(4)20(13-19)28(26,27)24(7-2)8-3/h9-14H,6-8,15H2,1-5H3/p+1. The number of hydrogen-bond acceptors (Lipinski definition) is 3. The van der Waals surface area contributed by atoms with Crippen LogP contribution >= 0.6 is 0 Å². The van der Waals surface area contributed by atoms with Crippen LogP contribution < -0.4 is 9.88 Å². The molecule has 0 aliphatic carbocycles. The Bertz CT molecular complexity index is 951. The normalized spacial score (nSPS) is 11.6. The van der Waals surface area contributed by atoms with E-state index in [1.807, 2.05) is 43.7 Å². The highest BCUT2D eigenvalue weighted by molar-refractivity contribution is 7.89. The molecule has 0 unspecified atom stereocenters. The Morgan fingerprint density at radius 3 is 2.36 bits per heavy atom. The second-order valence-corrected chi connectivity index (χ2v) is 8.68. The second-order valence-electron chi connectivity index (χ2n) is 6.78. The van der Waals surface area contributed by atoms with E-state index in [-0.39, 0.29) is 17.3 Å². The number of anilines is 1. The molecule has 1 N–H and O–H groups in total. The zero-order valence-corrected chi connectivity index (χ0v) is 18.1. The van der Waals surface area contributed by atoms with Gasteiger partial charge in [0.15, 0.2) is 11.9 Å². The Morgan fingerprint density at radius 1 is 1.07 bits per heavy atom. The van der Waals surface area contributed by atoms with E-state index in [1.165, 1.54) is 4.31 Å². The zero-order valence-electron chi connectivity index (χ0n) is 17.3. The van der Waals surface area contributed by atoms with Gasteiger partial charge in [-0.15, -0.1) is 0 Å². The van der Waals surface area contributed by atoms with Gasteiger partial charge in [-0.25, -0.2) is 8.42 Å². The van der Waals surface area contributed by atoms with Crippen molar-refractivity contribution in [3.8, 4) is 0 Å². The summed E-state index contributed by atoms with van der Waals surface area (Å²) < 4.78 is 29.0. The number of nitrogens with zero attached hydrogens (tertiary/aromatic N) is 2. The summed E-state index contributed by atoms with van der Waals surface area (Å²) in [5.41, 5.74) is 3.28. The third kappa shape index (κ3) is 4.97. The largest absolute Gasteiger partial charge is 0.321 e. The van der Waals surface area contributed by atoms with E-state index < -0.39 is 10.0 Å². The third-order valence-corrected chi connectivity index (χ3v) is 7.02. The Balaban J connectivity index is 2.25. The number of sulfonamides is 1. The molecular formula is C21H30N3O3S+. The molecule has 0 saturated heterocycles. The molecule has 28 heavy (non-hydrogen) atoms. The maximum absolute atomic E-state index is 12.9. The summed E-state index contributed by atoms with van der Waals surface area (Å²) in [4.78, 5) is 12.8. The van der Waals surface area contributed by atoms with Crippen LogP contribution in [0.1, 0.15) is 37.6 Å². The minimum atomic E-state index is -3.59. The molecule has 1 aromatic carbocycles. The van der Waals surface area contributed by atoms with Crippen LogP contribution in [0.5, 0.6) is 0 Å². The van der Waals surface area contributed by atoms with Crippen molar-refractivity contribution in [2.75, 3.05) is 18.4 Å². The lowest BCUT2D eigenvalue weighted by Gasteiger charge is -2.20.